The Labute approximate surface area is 132 Å². The minimum Gasteiger partial charge on any atom is -1.00 e. The van der Waals surface area contributed by atoms with Crippen molar-refractivity contribution in [3.63, 3.8) is 0 Å². The Kier molecular flexibility index (Phi) is 8.14. The summed E-state index contributed by atoms with van der Waals surface area (Å²) in [4.78, 5) is 10.7. The lowest BCUT2D eigenvalue weighted by Crippen LogP contribution is -3.00. The van der Waals surface area contributed by atoms with E-state index in [1.807, 2.05) is 12.1 Å². The third-order valence-electron chi connectivity index (χ3n) is 3.25. The van der Waals surface area contributed by atoms with Gasteiger partial charge in [0.15, 0.2) is 18.1 Å². The van der Waals surface area contributed by atoms with Crippen LogP contribution in [0.2, 0.25) is 0 Å². The molecule has 1 aromatic carbocycles. The van der Waals surface area contributed by atoms with Gasteiger partial charge < -0.3 is 32.9 Å². The van der Waals surface area contributed by atoms with Gasteiger partial charge in [-0.3, -0.25) is 4.79 Å². The van der Waals surface area contributed by atoms with Crippen LogP contribution in [0.25, 0.3) is 0 Å². The molecule has 0 unspecified atom stereocenters. The molecule has 0 radical (unpaired) electrons. The molecular formula is C15H24ClN2O3-. The van der Waals surface area contributed by atoms with E-state index in [1.54, 1.807) is 13.2 Å². The van der Waals surface area contributed by atoms with E-state index < -0.39 is 5.91 Å². The van der Waals surface area contributed by atoms with Crippen LogP contribution in [0.3, 0.4) is 0 Å². The van der Waals surface area contributed by atoms with E-state index in [-0.39, 0.29) is 24.6 Å². The lowest BCUT2D eigenvalue weighted by Gasteiger charge is -2.24. The first-order chi connectivity index (χ1) is 9.38. The van der Waals surface area contributed by atoms with Crippen molar-refractivity contribution in [3.05, 3.63) is 23.8 Å². The molecule has 0 spiro atoms. The molecule has 21 heavy (non-hydrogen) atoms. The average molecular weight is 316 g/mol. The number of primary amides is 1. The van der Waals surface area contributed by atoms with Crippen molar-refractivity contribution in [3.8, 4) is 11.5 Å². The molecule has 0 aliphatic rings. The van der Waals surface area contributed by atoms with Crippen molar-refractivity contribution < 1.29 is 26.7 Å². The van der Waals surface area contributed by atoms with Gasteiger partial charge in [-0.1, -0.05) is 13.0 Å². The first kappa shape index (κ1) is 19.5. The third-order valence-corrected chi connectivity index (χ3v) is 3.25. The number of carbonyl (C=O) groups excluding carboxylic acids is 1. The normalized spacial score (nSPS) is 10.7. The second-order valence-electron chi connectivity index (χ2n) is 5.33. The molecule has 120 valence electrons. The standard InChI is InChI=1S/C15H24N2O3.ClH/c1-5-15(2,3)17-9-11-6-7-12(13(8-11)19-4)20-10-14(16)18;/h6-8,17H,5,9-10H2,1-4H3,(H2,16,18);1H/p-1. The average Bonchev–Trinajstić information content (AvgIpc) is 2.43. The second-order valence-corrected chi connectivity index (χ2v) is 5.33. The largest absolute Gasteiger partial charge is 1.00 e. The molecule has 3 N–H and O–H groups in total. The zero-order valence-electron chi connectivity index (χ0n) is 13.0. The number of benzene rings is 1. The maximum atomic E-state index is 10.7. The van der Waals surface area contributed by atoms with E-state index in [0.29, 0.717) is 11.5 Å². The Morgan fingerprint density at radius 1 is 1.33 bits per heavy atom. The highest BCUT2D eigenvalue weighted by atomic mass is 35.5. The maximum Gasteiger partial charge on any atom is 0.255 e. The monoisotopic (exact) mass is 315 g/mol. The van der Waals surface area contributed by atoms with Gasteiger partial charge in [0.2, 0.25) is 0 Å². The van der Waals surface area contributed by atoms with E-state index in [9.17, 15) is 4.79 Å². The number of hydrogen-bond donors (Lipinski definition) is 2. The summed E-state index contributed by atoms with van der Waals surface area (Å²) in [6.07, 6.45) is 1.05. The molecule has 0 atom stereocenters. The van der Waals surface area contributed by atoms with E-state index >= 15 is 0 Å². The summed E-state index contributed by atoms with van der Waals surface area (Å²) in [5.74, 6) is 0.604. The summed E-state index contributed by atoms with van der Waals surface area (Å²) < 4.78 is 10.6. The molecule has 0 aliphatic heterocycles. The van der Waals surface area contributed by atoms with Crippen LogP contribution in [-0.2, 0) is 11.3 Å². The van der Waals surface area contributed by atoms with Crippen LogP contribution in [0.1, 0.15) is 32.8 Å². The zero-order valence-corrected chi connectivity index (χ0v) is 13.8. The molecule has 0 aliphatic carbocycles. The first-order valence-corrected chi connectivity index (χ1v) is 6.71. The van der Waals surface area contributed by atoms with Crippen LogP contribution in [0.5, 0.6) is 11.5 Å². The van der Waals surface area contributed by atoms with Gasteiger partial charge in [0.25, 0.3) is 5.91 Å². The van der Waals surface area contributed by atoms with Gasteiger partial charge in [-0.2, -0.15) is 0 Å². The van der Waals surface area contributed by atoms with Crippen LogP contribution >= 0.6 is 0 Å². The summed E-state index contributed by atoms with van der Waals surface area (Å²) in [6, 6.07) is 5.63. The molecule has 0 saturated carbocycles. The maximum absolute atomic E-state index is 10.7. The van der Waals surface area contributed by atoms with Crippen LogP contribution in [-0.4, -0.2) is 25.2 Å². The molecular weight excluding hydrogens is 292 g/mol. The third kappa shape index (κ3) is 6.69. The molecule has 5 nitrogen and oxygen atoms in total. The van der Waals surface area contributed by atoms with Gasteiger partial charge in [0.05, 0.1) is 7.11 Å². The molecule has 1 rings (SSSR count). The van der Waals surface area contributed by atoms with Gasteiger partial charge >= 0.3 is 0 Å². The van der Waals surface area contributed by atoms with E-state index in [4.69, 9.17) is 15.2 Å². The van der Waals surface area contributed by atoms with Gasteiger partial charge in [-0.15, -0.1) is 0 Å². The van der Waals surface area contributed by atoms with Gasteiger partial charge in [0, 0.05) is 12.1 Å². The second kappa shape index (κ2) is 8.74. The molecule has 0 bridgehead atoms. The highest BCUT2D eigenvalue weighted by Gasteiger charge is 2.14. The molecule has 0 fully saturated rings. The highest BCUT2D eigenvalue weighted by Crippen LogP contribution is 2.28. The Balaban J connectivity index is 0.00000400. The van der Waals surface area contributed by atoms with Gasteiger partial charge in [0.1, 0.15) is 0 Å². The minimum absolute atomic E-state index is 0. The smallest absolute Gasteiger partial charge is 0.255 e. The fourth-order valence-electron chi connectivity index (χ4n) is 1.56. The van der Waals surface area contributed by atoms with Crippen LogP contribution in [0.15, 0.2) is 18.2 Å². The minimum atomic E-state index is -0.512. The topological polar surface area (TPSA) is 73.6 Å². The summed E-state index contributed by atoms with van der Waals surface area (Å²) in [7, 11) is 1.57. The SMILES string of the molecule is CCC(C)(C)NCc1ccc(OCC(N)=O)c(OC)c1.[Cl-]. The summed E-state index contributed by atoms with van der Waals surface area (Å²) >= 11 is 0. The number of halogens is 1. The lowest BCUT2D eigenvalue weighted by molar-refractivity contribution is -0.119. The number of methoxy groups -OCH3 is 1. The quantitative estimate of drug-likeness (QED) is 0.635. The lowest BCUT2D eigenvalue weighted by atomic mass is 10.0. The van der Waals surface area contributed by atoms with Gasteiger partial charge in [-0.25, -0.2) is 0 Å². The Bertz CT molecular complexity index is 464. The van der Waals surface area contributed by atoms with E-state index in [1.165, 1.54) is 0 Å². The van der Waals surface area contributed by atoms with Crippen molar-refractivity contribution in [2.24, 2.45) is 5.73 Å². The van der Waals surface area contributed by atoms with Crippen molar-refractivity contribution in [2.75, 3.05) is 13.7 Å². The fraction of sp³-hybridized carbons (Fsp3) is 0.533. The van der Waals surface area contributed by atoms with Crippen LogP contribution in [0.4, 0.5) is 0 Å². The molecule has 6 heteroatoms. The molecule has 0 aromatic heterocycles. The van der Waals surface area contributed by atoms with E-state index in [2.05, 4.69) is 26.1 Å². The van der Waals surface area contributed by atoms with Crippen molar-refractivity contribution >= 4 is 5.91 Å². The molecule has 0 saturated heterocycles. The number of amides is 1. The number of nitrogens with two attached hydrogens (primary N) is 1. The Hall–Kier alpha value is -1.46. The van der Waals surface area contributed by atoms with Crippen molar-refractivity contribution in [1.29, 1.82) is 0 Å². The Morgan fingerprint density at radius 3 is 2.52 bits per heavy atom. The number of rotatable bonds is 8. The summed E-state index contributed by atoms with van der Waals surface area (Å²) in [5, 5.41) is 3.48. The predicted octanol–water partition coefficient (Wildman–Crippen LogP) is -1.16. The number of nitrogens with one attached hydrogen (secondary N) is 1. The zero-order chi connectivity index (χ0) is 15.2. The van der Waals surface area contributed by atoms with Crippen LogP contribution < -0.4 is 32.9 Å². The molecule has 1 aromatic rings. The predicted molar refractivity (Wildman–Crippen MR) is 78.9 cm³/mol. The van der Waals surface area contributed by atoms with Crippen LogP contribution in [0, 0.1) is 0 Å². The number of carbonyl (C=O) groups is 1. The van der Waals surface area contributed by atoms with E-state index in [0.717, 1.165) is 18.5 Å². The number of hydrogen-bond acceptors (Lipinski definition) is 4. The van der Waals surface area contributed by atoms with Crippen molar-refractivity contribution in [2.45, 2.75) is 39.3 Å². The number of ether oxygens (including phenoxy) is 2. The molecule has 1 amide bonds. The molecule has 0 heterocycles. The summed E-state index contributed by atoms with van der Waals surface area (Å²) in [5.41, 5.74) is 6.24. The highest BCUT2D eigenvalue weighted by molar-refractivity contribution is 5.75. The fourth-order valence-corrected chi connectivity index (χ4v) is 1.56. The summed E-state index contributed by atoms with van der Waals surface area (Å²) in [6.45, 7) is 7.06. The first-order valence-electron chi connectivity index (χ1n) is 6.71. The Morgan fingerprint density at radius 2 is 2.00 bits per heavy atom. The van der Waals surface area contributed by atoms with Crippen molar-refractivity contribution in [1.82, 2.24) is 5.32 Å². The van der Waals surface area contributed by atoms with Gasteiger partial charge in [-0.05, 0) is 38.0 Å².